The highest BCUT2D eigenvalue weighted by atomic mass is 79.9. The highest BCUT2D eigenvalue weighted by Crippen LogP contribution is 2.17. The number of hydrogen-bond donors (Lipinski definition) is 0. The maximum Gasteiger partial charge on any atom is 0.410 e. The Morgan fingerprint density at radius 1 is 1.20 bits per heavy atom. The third kappa shape index (κ3) is 4.06. The van der Waals surface area contributed by atoms with Gasteiger partial charge in [0, 0.05) is 26.2 Å². The molecule has 1 saturated heterocycles. The topological polar surface area (TPSA) is 58.6 Å². The summed E-state index contributed by atoms with van der Waals surface area (Å²) in [5, 5.41) is 0. The van der Waals surface area contributed by atoms with Gasteiger partial charge in [-0.3, -0.25) is 0 Å². The SMILES string of the molecule is CC(C)(C)OC(=O)N1CCN(c2cnc(Br)nc2)CC1. The molecule has 6 nitrogen and oxygen atoms in total. The van der Waals surface area contributed by atoms with Crippen LogP contribution in [-0.2, 0) is 4.74 Å². The first-order chi connectivity index (χ1) is 9.35. The van der Waals surface area contributed by atoms with Gasteiger partial charge in [-0.25, -0.2) is 14.8 Å². The molecule has 2 heterocycles. The van der Waals surface area contributed by atoms with Crippen molar-refractivity contribution >= 4 is 27.7 Å². The van der Waals surface area contributed by atoms with Gasteiger partial charge in [0.15, 0.2) is 4.73 Å². The van der Waals surface area contributed by atoms with Crippen molar-refractivity contribution in [2.45, 2.75) is 26.4 Å². The Hall–Kier alpha value is -1.37. The standard InChI is InChI=1S/C13H19BrN4O2/c1-13(2,3)20-12(19)18-6-4-17(5-7-18)10-8-15-11(14)16-9-10/h8-9H,4-7H2,1-3H3. The van der Waals surface area contributed by atoms with Gasteiger partial charge in [0.1, 0.15) is 5.60 Å². The second-order valence-corrected chi connectivity index (χ2v) is 6.37. The van der Waals surface area contributed by atoms with Crippen LogP contribution in [-0.4, -0.2) is 52.7 Å². The van der Waals surface area contributed by atoms with Crippen molar-refractivity contribution in [2.75, 3.05) is 31.1 Å². The van der Waals surface area contributed by atoms with E-state index in [0.717, 1.165) is 18.8 Å². The molecule has 0 aliphatic carbocycles. The smallest absolute Gasteiger partial charge is 0.410 e. The van der Waals surface area contributed by atoms with Crippen LogP contribution in [0.3, 0.4) is 0 Å². The van der Waals surface area contributed by atoms with Crippen LogP contribution in [0.5, 0.6) is 0 Å². The molecule has 2 rings (SSSR count). The van der Waals surface area contributed by atoms with Gasteiger partial charge in [-0.2, -0.15) is 0 Å². The Morgan fingerprint density at radius 3 is 2.25 bits per heavy atom. The lowest BCUT2D eigenvalue weighted by Gasteiger charge is -2.36. The van der Waals surface area contributed by atoms with Gasteiger partial charge in [-0.1, -0.05) is 0 Å². The number of rotatable bonds is 1. The highest BCUT2D eigenvalue weighted by molar-refractivity contribution is 9.10. The Morgan fingerprint density at radius 2 is 1.75 bits per heavy atom. The molecule has 0 spiro atoms. The summed E-state index contributed by atoms with van der Waals surface area (Å²) in [6.07, 6.45) is 3.31. The number of nitrogens with zero attached hydrogens (tertiary/aromatic N) is 4. The summed E-state index contributed by atoms with van der Waals surface area (Å²) < 4.78 is 5.95. The average Bonchev–Trinajstić information content (AvgIpc) is 2.38. The fourth-order valence-electron chi connectivity index (χ4n) is 1.94. The predicted octanol–water partition coefficient (Wildman–Crippen LogP) is 2.30. The fourth-order valence-corrected chi connectivity index (χ4v) is 2.15. The summed E-state index contributed by atoms with van der Waals surface area (Å²) in [4.78, 5) is 24.1. The first kappa shape index (κ1) is 15.0. The summed E-state index contributed by atoms with van der Waals surface area (Å²) in [5.74, 6) is 0. The van der Waals surface area contributed by atoms with E-state index >= 15 is 0 Å². The van der Waals surface area contributed by atoms with Gasteiger partial charge in [-0.05, 0) is 36.7 Å². The lowest BCUT2D eigenvalue weighted by molar-refractivity contribution is 0.0240. The van der Waals surface area contributed by atoms with Crippen LogP contribution in [0.25, 0.3) is 0 Å². The molecule has 0 aromatic carbocycles. The molecule has 110 valence electrons. The van der Waals surface area contributed by atoms with Gasteiger partial charge < -0.3 is 14.5 Å². The molecule has 0 unspecified atom stereocenters. The van der Waals surface area contributed by atoms with Crippen molar-refractivity contribution in [1.82, 2.24) is 14.9 Å². The molecule has 0 radical (unpaired) electrons. The molecule has 0 bridgehead atoms. The maximum atomic E-state index is 12.0. The molecule has 1 amide bonds. The number of carbonyl (C=O) groups is 1. The lowest BCUT2D eigenvalue weighted by atomic mass is 10.2. The Labute approximate surface area is 127 Å². The summed E-state index contributed by atoms with van der Waals surface area (Å²) in [6, 6.07) is 0. The molecular weight excluding hydrogens is 324 g/mol. The zero-order valence-electron chi connectivity index (χ0n) is 12.0. The number of carbonyl (C=O) groups excluding carboxylic acids is 1. The number of piperazine rings is 1. The Bertz CT molecular complexity index is 464. The molecular formula is C13H19BrN4O2. The van der Waals surface area contributed by atoms with Gasteiger partial charge in [0.2, 0.25) is 0 Å². The quantitative estimate of drug-likeness (QED) is 0.733. The molecule has 0 N–H and O–H groups in total. The van der Waals surface area contributed by atoms with E-state index in [0.29, 0.717) is 17.8 Å². The van der Waals surface area contributed by atoms with E-state index in [2.05, 4.69) is 30.8 Å². The Kier molecular flexibility index (Phi) is 4.47. The normalized spacial score (nSPS) is 16.2. The number of hydrogen-bond acceptors (Lipinski definition) is 5. The first-order valence-electron chi connectivity index (χ1n) is 6.55. The number of aromatic nitrogens is 2. The molecule has 1 fully saturated rings. The third-order valence-corrected chi connectivity index (χ3v) is 3.31. The van der Waals surface area contributed by atoms with Crippen LogP contribution in [0.2, 0.25) is 0 Å². The number of ether oxygens (including phenoxy) is 1. The summed E-state index contributed by atoms with van der Waals surface area (Å²) in [5.41, 5.74) is 0.519. The molecule has 1 aromatic rings. The van der Waals surface area contributed by atoms with E-state index < -0.39 is 5.60 Å². The van der Waals surface area contributed by atoms with Gasteiger partial charge in [-0.15, -0.1) is 0 Å². The van der Waals surface area contributed by atoms with Crippen molar-refractivity contribution < 1.29 is 9.53 Å². The van der Waals surface area contributed by atoms with Crippen molar-refractivity contribution in [3.8, 4) is 0 Å². The maximum absolute atomic E-state index is 12.0. The molecule has 1 aliphatic heterocycles. The van der Waals surface area contributed by atoms with E-state index in [1.807, 2.05) is 20.8 Å². The molecule has 1 aliphatic rings. The number of halogens is 1. The molecule has 7 heteroatoms. The van der Waals surface area contributed by atoms with Crippen LogP contribution in [0.4, 0.5) is 10.5 Å². The minimum Gasteiger partial charge on any atom is -0.444 e. The van der Waals surface area contributed by atoms with Crippen LogP contribution < -0.4 is 4.90 Å². The van der Waals surface area contributed by atoms with Crippen molar-refractivity contribution in [3.05, 3.63) is 17.1 Å². The van der Waals surface area contributed by atoms with Crippen LogP contribution in [0, 0.1) is 0 Å². The van der Waals surface area contributed by atoms with E-state index in [-0.39, 0.29) is 6.09 Å². The fraction of sp³-hybridized carbons (Fsp3) is 0.615. The summed E-state index contributed by atoms with van der Waals surface area (Å²) in [7, 11) is 0. The first-order valence-corrected chi connectivity index (χ1v) is 7.35. The summed E-state index contributed by atoms with van der Waals surface area (Å²) >= 11 is 3.22. The van der Waals surface area contributed by atoms with E-state index in [4.69, 9.17) is 4.74 Å². The monoisotopic (exact) mass is 342 g/mol. The Balaban J connectivity index is 1.89. The highest BCUT2D eigenvalue weighted by Gasteiger charge is 2.26. The largest absolute Gasteiger partial charge is 0.444 e. The second-order valence-electron chi connectivity index (χ2n) is 5.66. The number of anilines is 1. The summed E-state index contributed by atoms with van der Waals surface area (Å²) in [6.45, 7) is 8.42. The van der Waals surface area contributed by atoms with Crippen LogP contribution >= 0.6 is 15.9 Å². The molecule has 0 atom stereocenters. The van der Waals surface area contributed by atoms with E-state index in [1.165, 1.54) is 0 Å². The van der Waals surface area contributed by atoms with Crippen LogP contribution in [0.15, 0.2) is 17.1 Å². The van der Waals surface area contributed by atoms with E-state index in [1.54, 1.807) is 17.3 Å². The second kappa shape index (κ2) is 5.95. The lowest BCUT2D eigenvalue weighted by Crippen LogP contribution is -2.50. The van der Waals surface area contributed by atoms with Crippen molar-refractivity contribution in [1.29, 1.82) is 0 Å². The molecule has 20 heavy (non-hydrogen) atoms. The van der Waals surface area contributed by atoms with E-state index in [9.17, 15) is 4.79 Å². The zero-order chi connectivity index (χ0) is 14.8. The van der Waals surface area contributed by atoms with Crippen molar-refractivity contribution in [2.24, 2.45) is 0 Å². The van der Waals surface area contributed by atoms with Crippen molar-refractivity contribution in [3.63, 3.8) is 0 Å². The minimum absolute atomic E-state index is 0.246. The molecule has 0 saturated carbocycles. The minimum atomic E-state index is -0.451. The van der Waals surface area contributed by atoms with Crippen LogP contribution in [0.1, 0.15) is 20.8 Å². The molecule has 1 aromatic heterocycles. The van der Waals surface area contributed by atoms with Gasteiger partial charge in [0.05, 0.1) is 18.1 Å². The third-order valence-electron chi connectivity index (χ3n) is 2.90. The zero-order valence-corrected chi connectivity index (χ0v) is 13.6. The average molecular weight is 343 g/mol. The predicted molar refractivity (Wildman–Crippen MR) is 79.8 cm³/mol. The van der Waals surface area contributed by atoms with Gasteiger partial charge >= 0.3 is 6.09 Å². The number of amides is 1. The van der Waals surface area contributed by atoms with Gasteiger partial charge in [0.25, 0.3) is 0 Å².